The van der Waals surface area contributed by atoms with Gasteiger partial charge in [-0.05, 0) is 6.92 Å². The van der Waals surface area contributed by atoms with Gasteiger partial charge in [0.25, 0.3) is 0 Å². The summed E-state index contributed by atoms with van der Waals surface area (Å²) in [5.41, 5.74) is 0. The molecule has 3 rings (SSSR count). The zero-order valence-corrected chi connectivity index (χ0v) is 11.2. The van der Waals surface area contributed by atoms with Crippen molar-refractivity contribution in [2.75, 3.05) is 39.3 Å². The van der Waals surface area contributed by atoms with Crippen LogP contribution in [0.5, 0.6) is 0 Å². The molecule has 0 aromatic carbocycles. The van der Waals surface area contributed by atoms with Crippen LogP contribution in [-0.4, -0.2) is 64.7 Å². The van der Waals surface area contributed by atoms with Gasteiger partial charge in [0.2, 0.25) is 0 Å². The van der Waals surface area contributed by atoms with Crippen molar-refractivity contribution in [1.82, 2.24) is 24.7 Å². The standard InChI is InChI=1S/C13H23N5/c1-2-17-8-5-15-13(17)11-16-9-12(10-16)18-6-3-14-4-7-18/h5,8,12,14H,2-4,6-7,9-11H2,1H3. The van der Waals surface area contributed by atoms with Crippen LogP contribution in [0.2, 0.25) is 0 Å². The van der Waals surface area contributed by atoms with E-state index in [0.29, 0.717) is 0 Å². The first-order valence-corrected chi connectivity index (χ1v) is 7.04. The third kappa shape index (κ3) is 2.43. The number of imidazole rings is 1. The predicted octanol–water partition coefficient (Wildman–Crippen LogP) is -0.00760. The van der Waals surface area contributed by atoms with Crippen LogP contribution >= 0.6 is 0 Å². The van der Waals surface area contributed by atoms with E-state index in [9.17, 15) is 0 Å². The fourth-order valence-corrected chi connectivity index (χ4v) is 2.93. The maximum absolute atomic E-state index is 4.44. The van der Waals surface area contributed by atoms with Crippen LogP contribution in [0, 0.1) is 0 Å². The van der Waals surface area contributed by atoms with Gasteiger partial charge in [0.15, 0.2) is 0 Å². The van der Waals surface area contributed by atoms with Gasteiger partial charge < -0.3 is 9.88 Å². The average Bonchev–Trinajstić information content (AvgIpc) is 2.81. The molecule has 0 radical (unpaired) electrons. The maximum Gasteiger partial charge on any atom is 0.122 e. The zero-order chi connectivity index (χ0) is 12.4. The van der Waals surface area contributed by atoms with Crippen molar-refractivity contribution < 1.29 is 0 Å². The summed E-state index contributed by atoms with van der Waals surface area (Å²) in [4.78, 5) is 9.57. The molecule has 2 aliphatic heterocycles. The van der Waals surface area contributed by atoms with Gasteiger partial charge in [0.1, 0.15) is 5.82 Å². The summed E-state index contributed by atoms with van der Waals surface area (Å²) in [6, 6.07) is 0.775. The van der Waals surface area contributed by atoms with Crippen LogP contribution < -0.4 is 5.32 Å². The van der Waals surface area contributed by atoms with Crippen LogP contribution in [0.3, 0.4) is 0 Å². The Morgan fingerprint density at radius 1 is 1.33 bits per heavy atom. The molecule has 3 heterocycles. The van der Waals surface area contributed by atoms with Crippen LogP contribution in [0.15, 0.2) is 12.4 Å². The van der Waals surface area contributed by atoms with Gasteiger partial charge in [-0.1, -0.05) is 0 Å². The highest BCUT2D eigenvalue weighted by atomic mass is 15.3. The predicted molar refractivity (Wildman–Crippen MR) is 71.4 cm³/mol. The minimum Gasteiger partial charge on any atom is -0.334 e. The zero-order valence-electron chi connectivity index (χ0n) is 11.2. The van der Waals surface area contributed by atoms with Crippen molar-refractivity contribution in [1.29, 1.82) is 0 Å². The first-order valence-electron chi connectivity index (χ1n) is 7.04. The quantitative estimate of drug-likeness (QED) is 0.814. The van der Waals surface area contributed by atoms with E-state index in [1.807, 2.05) is 6.20 Å². The van der Waals surface area contributed by atoms with E-state index in [-0.39, 0.29) is 0 Å². The molecule has 2 saturated heterocycles. The molecule has 2 fully saturated rings. The Labute approximate surface area is 109 Å². The highest BCUT2D eigenvalue weighted by Gasteiger charge is 2.32. The highest BCUT2D eigenvalue weighted by Crippen LogP contribution is 2.17. The van der Waals surface area contributed by atoms with E-state index in [2.05, 4.69) is 37.8 Å². The maximum atomic E-state index is 4.44. The molecule has 0 bridgehead atoms. The number of rotatable bonds is 4. The van der Waals surface area contributed by atoms with Gasteiger partial charge in [-0.3, -0.25) is 9.80 Å². The normalized spacial score (nSPS) is 23.2. The van der Waals surface area contributed by atoms with Crippen molar-refractivity contribution in [3.05, 3.63) is 18.2 Å². The number of likely N-dealkylation sites (tertiary alicyclic amines) is 1. The molecule has 1 aromatic rings. The number of aromatic nitrogens is 2. The molecule has 18 heavy (non-hydrogen) atoms. The number of hydrogen-bond donors (Lipinski definition) is 1. The molecular formula is C13H23N5. The van der Waals surface area contributed by atoms with Crippen molar-refractivity contribution in [3.63, 3.8) is 0 Å². The fourth-order valence-electron chi connectivity index (χ4n) is 2.93. The number of nitrogens with zero attached hydrogens (tertiary/aromatic N) is 4. The van der Waals surface area contributed by atoms with Gasteiger partial charge in [-0.25, -0.2) is 4.98 Å². The van der Waals surface area contributed by atoms with Crippen LogP contribution in [0.4, 0.5) is 0 Å². The molecule has 0 atom stereocenters. The first kappa shape index (κ1) is 12.1. The molecule has 5 nitrogen and oxygen atoms in total. The molecule has 0 spiro atoms. The molecule has 0 aliphatic carbocycles. The van der Waals surface area contributed by atoms with E-state index in [0.717, 1.165) is 32.2 Å². The van der Waals surface area contributed by atoms with E-state index >= 15 is 0 Å². The second-order valence-corrected chi connectivity index (χ2v) is 5.26. The third-order valence-corrected chi connectivity index (χ3v) is 4.11. The van der Waals surface area contributed by atoms with Crippen molar-refractivity contribution >= 4 is 0 Å². The van der Waals surface area contributed by atoms with E-state index in [1.54, 1.807) is 0 Å². The minimum atomic E-state index is 0.775. The lowest BCUT2D eigenvalue weighted by Gasteiger charge is -2.46. The Hall–Kier alpha value is -0.910. The smallest absolute Gasteiger partial charge is 0.122 e. The summed E-state index contributed by atoms with van der Waals surface area (Å²) in [6.07, 6.45) is 3.98. The Kier molecular flexibility index (Phi) is 3.63. The summed E-state index contributed by atoms with van der Waals surface area (Å²) in [5.74, 6) is 1.20. The number of hydrogen-bond acceptors (Lipinski definition) is 4. The summed E-state index contributed by atoms with van der Waals surface area (Å²) in [6.45, 7) is 11.3. The lowest BCUT2D eigenvalue weighted by molar-refractivity contribution is 0.0202. The van der Waals surface area contributed by atoms with Gasteiger partial charge in [0, 0.05) is 64.2 Å². The topological polar surface area (TPSA) is 36.3 Å². The lowest BCUT2D eigenvalue weighted by Crippen LogP contribution is -2.62. The Morgan fingerprint density at radius 2 is 2.11 bits per heavy atom. The molecule has 2 aliphatic rings. The molecular weight excluding hydrogens is 226 g/mol. The van der Waals surface area contributed by atoms with Crippen LogP contribution in [-0.2, 0) is 13.1 Å². The van der Waals surface area contributed by atoms with E-state index in [4.69, 9.17) is 0 Å². The summed E-state index contributed by atoms with van der Waals surface area (Å²) >= 11 is 0. The highest BCUT2D eigenvalue weighted by molar-refractivity contribution is 4.97. The van der Waals surface area contributed by atoms with Crippen molar-refractivity contribution in [3.8, 4) is 0 Å². The summed E-state index contributed by atoms with van der Waals surface area (Å²) in [7, 11) is 0. The molecule has 5 heteroatoms. The number of nitrogens with one attached hydrogen (secondary N) is 1. The molecule has 0 unspecified atom stereocenters. The van der Waals surface area contributed by atoms with Crippen molar-refractivity contribution in [2.45, 2.75) is 26.1 Å². The lowest BCUT2D eigenvalue weighted by atomic mass is 10.1. The molecule has 0 saturated carbocycles. The van der Waals surface area contributed by atoms with Crippen LogP contribution in [0.25, 0.3) is 0 Å². The van der Waals surface area contributed by atoms with E-state index < -0.39 is 0 Å². The van der Waals surface area contributed by atoms with Crippen molar-refractivity contribution in [2.24, 2.45) is 0 Å². The largest absolute Gasteiger partial charge is 0.334 e. The molecule has 1 aromatic heterocycles. The van der Waals surface area contributed by atoms with Gasteiger partial charge >= 0.3 is 0 Å². The van der Waals surface area contributed by atoms with Crippen LogP contribution in [0.1, 0.15) is 12.7 Å². The van der Waals surface area contributed by atoms with Gasteiger partial charge in [-0.15, -0.1) is 0 Å². The second kappa shape index (κ2) is 5.38. The SMILES string of the molecule is CCn1ccnc1CN1CC(N2CCNCC2)C1. The molecule has 0 amide bonds. The fraction of sp³-hybridized carbons (Fsp3) is 0.769. The molecule has 100 valence electrons. The third-order valence-electron chi connectivity index (χ3n) is 4.11. The number of aryl methyl sites for hydroxylation is 1. The van der Waals surface area contributed by atoms with E-state index in [1.165, 1.54) is 32.0 Å². The Balaban J connectivity index is 1.47. The van der Waals surface area contributed by atoms with Gasteiger partial charge in [-0.2, -0.15) is 0 Å². The first-order chi connectivity index (χ1) is 8.86. The Bertz CT molecular complexity index is 376. The second-order valence-electron chi connectivity index (χ2n) is 5.26. The number of piperazine rings is 1. The summed E-state index contributed by atoms with van der Waals surface area (Å²) < 4.78 is 2.23. The minimum absolute atomic E-state index is 0.775. The van der Waals surface area contributed by atoms with Gasteiger partial charge in [0.05, 0.1) is 6.54 Å². The average molecular weight is 249 g/mol. The Morgan fingerprint density at radius 3 is 2.83 bits per heavy atom. The molecule has 1 N–H and O–H groups in total. The monoisotopic (exact) mass is 249 g/mol. The summed E-state index contributed by atoms with van der Waals surface area (Å²) in [5, 5.41) is 3.41.